The third-order valence-electron chi connectivity index (χ3n) is 3.78. The number of hydrogen-bond acceptors (Lipinski definition) is 4. The maximum atomic E-state index is 11.9. The van der Waals surface area contributed by atoms with Crippen molar-refractivity contribution >= 4 is 23.0 Å². The molecule has 1 aromatic rings. The number of likely N-dealkylation sites (tertiary alicyclic amines) is 1. The van der Waals surface area contributed by atoms with Crippen LogP contribution in [-0.2, 0) is 4.79 Å². The number of ketones is 1. The van der Waals surface area contributed by atoms with E-state index in [0.717, 1.165) is 37.4 Å². The van der Waals surface area contributed by atoms with E-state index in [0.29, 0.717) is 12.8 Å². The molecule has 0 bridgehead atoms. The van der Waals surface area contributed by atoms with E-state index in [2.05, 4.69) is 17.1 Å². The van der Waals surface area contributed by atoms with Crippen molar-refractivity contribution in [2.24, 2.45) is 0 Å². The largest absolute Gasteiger partial charge is 0.353 e. The molecule has 1 saturated heterocycles. The van der Waals surface area contributed by atoms with Crippen LogP contribution in [0.1, 0.15) is 42.3 Å². The molecule has 1 amide bonds. The van der Waals surface area contributed by atoms with Crippen molar-refractivity contribution in [2.75, 3.05) is 19.6 Å². The SMILES string of the molecule is CCN1CCC(NC(=O)CCC(=O)c2cccs2)CC1. The lowest BCUT2D eigenvalue weighted by Crippen LogP contribution is -2.44. The Kier molecular flexibility index (Phi) is 5.73. The van der Waals surface area contributed by atoms with Gasteiger partial charge in [-0.05, 0) is 30.8 Å². The van der Waals surface area contributed by atoms with Gasteiger partial charge in [0.05, 0.1) is 4.88 Å². The molecule has 0 spiro atoms. The lowest BCUT2D eigenvalue weighted by molar-refractivity contribution is -0.122. The first-order valence-corrected chi connectivity index (χ1v) is 8.15. The van der Waals surface area contributed by atoms with Crippen molar-refractivity contribution in [3.8, 4) is 0 Å². The molecule has 5 heteroatoms. The fraction of sp³-hybridized carbons (Fsp3) is 0.600. The number of thiophene rings is 1. The van der Waals surface area contributed by atoms with Crippen LogP contribution < -0.4 is 5.32 Å². The zero-order valence-corrected chi connectivity index (χ0v) is 12.7. The lowest BCUT2D eigenvalue weighted by Gasteiger charge is -2.31. The summed E-state index contributed by atoms with van der Waals surface area (Å²) in [5.41, 5.74) is 0. The summed E-state index contributed by atoms with van der Waals surface area (Å²) in [6.45, 7) is 5.34. The first-order valence-electron chi connectivity index (χ1n) is 7.27. The molecule has 0 unspecified atom stereocenters. The highest BCUT2D eigenvalue weighted by Gasteiger charge is 2.20. The van der Waals surface area contributed by atoms with Gasteiger partial charge in [-0.15, -0.1) is 11.3 Å². The molecule has 0 saturated carbocycles. The average Bonchev–Trinajstić information content (AvgIpc) is 3.00. The number of carbonyl (C=O) groups excluding carboxylic acids is 2. The van der Waals surface area contributed by atoms with E-state index in [9.17, 15) is 9.59 Å². The number of nitrogens with zero attached hydrogens (tertiary/aromatic N) is 1. The second kappa shape index (κ2) is 7.55. The second-order valence-electron chi connectivity index (χ2n) is 5.18. The minimum absolute atomic E-state index is 0.00449. The second-order valence-corrected chi connectivity index (χ2v) is 6.12. The maximum Gasteiger partial charge on any atom is 0.220 e. The van der Waals surface area contributed by atoms with Gasteiger partial charge in [0, 0.05) is 32.0 Å². The van der Waals surface area contributed by atoms with Crippen LogP contribution >= 0.6 is 11.3 Å². The Morgan fingerprint density at radius 1 is 1.35 bits per heavy atom. The fourth-order valence-corrected chi connectivity index (χ4v) is 3.18. The molecule has 2 heterocycles. The molecule has 2 rings (SSSR count). The number of nitrogens with one attached hydrogen (secondary N) is 1. The van der Waals surface area contributed by atoms with E-state index >= 15 is 0 Å². The molecular formula is C15H22N2O2S. The summed E-state index contributed by atoms with van der Waals surface area (Å²) in [4.78, 5) is 26.8. The minimum Gasteiger partial charge on any atom is -0.353 e. The minimum atomic E-state index is 0.00449. The molecule has 0 radical (unpaired) electrons. The molecule has 110 valence electrons. The van der Waals surface area contributed by atoms with Crippen LogP contribution in [0.3, 0.4) is 0 Å². The van der Waals surface area contributed by atoms with Crippen LogP contribution in [0.15, 0.2) is 17.5 Å². The third-order valence-corrected chi connectivity index (χ3v) is 4.69. The van der Waals surface area contributed by atoms with Crippen molar-refractivity contribution in [1.82, 2.24) is 10.2 Å². The predicted octanol–water partition coefficient (Wildman–Crippen LogP) is 2.31. The Labute approximate surface area is 124 Å². The Morgan fingerprint density at radius 2 is 2.10 bits per heavy atom. The van der Waals surface area contributed by atoms with Gasteiger partial charge in [-0.25, -0.2) is 0 Å². The molecular weight excluding hydrogens is 272 g/mol. The summed E-state index contributed by atoms with van der Waals surface area (Å²) in [5, 5.41) is 4.93. The highest BCUT2D eigenvalue weighted by atomic mass is 32.1. The van der Waals surface area contributed by atoms with Crippen LogP contribution in [0.2, 0.25) is 0 Å². The number of carbonyl (C=O) groups is 2. The van der Waals surface area contributed by atoms with Gasteiger partial charge in [0.1, 0.15) is 0 Å². The Bertz CT molecular complexity index is 437. The summed E-state index contributed by atoms with van der Waals surface area (Å²) in [7, 11) is 0. The van der Waals surface area contributed by atoms with Gasteiger partial charge in [0.2, 0.25) is 5.91 Å². The molecule has 1 aliphatic heterocycles. The topological polar surface area (TPSA) is 49.4 Å². The van der Waals surface area contributed by atoms with Crippen molar-refractivity contribution in [2.45, 2.75) is 38.6 Å². The molecule has 1 aliphatic rings. The van der Waals surface area contributed by atoms with Gasteiger partial charge in [0.15, 0.2) is 5.78 Å². The highest BCUT2D eigenvalue weighted by Crippen LogP contribution is 2.13. The van der Waals surface area contributed by atoms with Crippen molar-refractivity contribution in [1.29, 1.82) is 0 Å². The Hall–Kier alpha value is -1.20. The maximum absolute atomic E-state index is 11.9. The molecule has 0 aliphatic carbocycles. The van der Waals surface area contributed by atoms with Crippen molar-refractivity contribution in [3.63, 3.8) is 0 Å². The molecule has 1 fully saturated rings. The normalized spacial score (nSPS) is 17.1. The van der Waals surface area contributed by atoms with E-state index in [1.165, 1.54) is 11.3 Å². The van der Waals surface area contributed by atoms with Gasteiger partial charge < -0.3 is 10.2 Å². The van der Waals surface area contributed by atoms with Crippen LogP contribution in [0.5, 0.6) is 0 Å². The first kappa shape index (κ1) is 15.2. The zero-order valence-electron chi connectivity index (χ0n) is 11.9. The molecule has 1 aromatic heterocycles. The molecule has 4 nitrogen and oxygen atoms in total. The highest BCUT2D eigenvalue weighted by molar-refractivity contribution is 7.12. The zero-order chi connectivity index (χ0) is 14.4. The molecule has 1 N–H and O–H groups in total. The Balaban J connectivity index is 1.67. The van der Waals surface area contributed by atoms with Crippen LogP contribution in [0, 0.1) is 0 Å². The molecule has 0 aromatic carbocycles. The van der Waals surface area contributed by atoms with Crippen molar-refractivity contribution in [3.05, 3.63) is 22.4 Å². The first-order chi connectivity index (χ1) is 9.69. The van der Waals surface area contributed by atoms with Crippen LogP contribution in [-0.4, -0.2) is 42.3 Å². The lowest BCUT2D eigenvalue weighted by atomic mass is 10.0. The van der Waals surface area contributed by atoms with Gasteiger partial charge in [0.25, 0.3) is 0 Å². The van der Waals surface area contributed by atoms with Gasteiger partial charge in [-0.3, -0.25) is 9.59 Å². The van der Waals surface area contributed by atoms with Gasteiger partial charge >= 0.3 is 0 Å². The number of amides is 1. The van der Waals surface area contributed by atoms with Gasteiger partial charge in [-0.2, -0.15) is 0 Å². The number of rotatable bonds is 6. The smallest absolute Gasteiger partial charge is 0.220 e. The summed E-state index contributed by atoms with van der Waals surface area (Å²) < 4.78 is 0. The summed E-state index contributed by atoms with van der Waals surface area (Å²) in [6.07, 6.45) is 2.63. The predicted molar refractivity (Wildman–Crippen MR) is 81.2 cm³/mol. The summed E-state index contributed by atoms with van der Waals surface area (Å²) in [6, 6.07) is 3.95. The van der Waals surface area contributed by atoms with Crippen molar-refractivity contribution < 1.29 is 9.59 Å². The van der Waals surface area contributed by atoms with Crippen LogP contribution in [0.4, 0.5) is 0 Å². The number of hydrogen-bond donors (Lipinski definition) is 1. The average molecular weight is 294 g/mol. The van der Waals surface area contributed by atoms with E-state index < -0.39 is 0 Å². The van der Waals surface area contributed by atoms with Crippen LogP contribution in [0.25, 0.3) is 0 Å². The van der Waals surface area contributed by atoms with E-state index in [1.54, 1.807) is 0 Å². The quantitative estimate of drug-likeness (QED) is 0.819. The van der Waals surface area contributed by atoms with E-state index in [-0.39, 0.29) is 17.7 Å². The summed E-state index contributed by atoms with van der Waals surface area (Å²) >= 11 is 1.43. The summed E-state index contributed by atoms with van der Waals surface area (Å²) in [5.74, 6) is 0.0702. The molecule has 0 atom stereocenters. The third kappa shape index (κ3) is 4.42. The number of Topliss-reactive ketones (excluding diaryl/α,β-unsaturated/α-hetero) is 1. The fourth-order valence-electron chi connectivity index (χ4n) is 2.48. The molecule has 20 heavy (non-hydrogen) atoms. The van der Waals surface area contributed by atoms with E-state index in [1.807, 2.05) is 17.5 Å². The van der Waals surface area contributed by atoms with E-state index in [4.69, 9.17) is 0 Å². The Morgan fingerprint density at radius 3 is 2.70 bits per heavy atom. The standard InChI is InChI=1S/C15H22N2O2S/c1-2-17-9-7-12(8-10-17)16-15(19)6-5-13(18)14-4-3-11-20-14/h3-4,11-12H,2,5-10H2,1H3,(H,16,19). The number of piperidine rings is 1. The monoisotopic (exact) mass is 294 g/mol. The van der Waals surface area contributed by atoms with Gasteiger partial charge in [-0.1, -0.05) is 13.0 Å².